The highest BCUT2D eigenvalue weighted by atomic mass is 35.5. The fraction of sp³-hybridized carbons (Fsp3) is 0.400. The number of carbonyl (C=O) groups is 1. The van der Waals surface area contributed by atoms with Crippen LogP contribution in [0.15, 0.2) is 24.3 Å². The van der Waals surface area contributed by atoms with E-state index >= 15 is 0 Å². The standard InChI is InChI=1S/C15H18ClN5O2S/c1-10-18-14(19-21(10)13-6-4-3-5-12(13)16)15(22)20-7-11(8-20)9-24(2,17)23/h3-6,11,17H,7-9H2,1-2H3. The van der Waals surface area contributed by atoms with Crippen LogP contribution >= 0.6 is 11.6 Å². The average Bonchev–Trinajstić information content (AvgIpc) is 2.83. The normalized spacial score (nSPS) is 17.4. The number of aromatic nitrogens is 3. The van der Waals surface area contributed by atoms with Gasteiger partial charge in [-0.05, 0) is 19.1 Å². The van der Waals surface area contributed by atoms with Gasteiger partial charge in [0.2, 0.25) is 5.82 Å². The molecule has 1 fully saturated rings. The largest absolute Gasteiger partial charge is 0.335 e. The van der Waals surface area contributed by atoms with E-state index in [0.717, 1.165) is 0 Å². The van der Waals surface area contributed by atoms with Gasteiger partial charge in [-0.25, -0.2) is 9.67 Å². The number of likely N-dealkylation sites (tertiary alicyclic amines) is 1. The van der Waals surface area contributed by atoms with E-state index in [2.05, 4.69) is 10.1 Å². The smallest absolute Gasteiger partial charge is 0.293 e. The molecule has 2 aromatic rings. The van der Waals surface area contributed by atoms with Crippen LogP contribution in [0.3, 0.4) is 0 Å². The number of carbonyl (C=O) groups excluding carboxylic acids is 1. The summed E-state index contributed by atoms with van der Waals surface area (Å²) in [4.78, 5) is 18.3. The van der Waals surface area contributed by atoms with Crippen LogP contribution in [0.2, 0.25) is 5.02 Å². The summed E-state index contributed by atoms with van der Waals surface area (Å²) in [5.74, 6) is 0.862. The molecular formula is C15H18ClN5O2S. The lowest BCUT2D eigenvalue weighted by atomic mass is 10.0. The summed E-state index contributed by atoms with van der Waals surface area (Å²) in [6, 6.07) is 7.22. The molecule has 0 radical (unpaired) electrons. The molecule has 0 spiro atoms. The molecule has 1 aromatic heterocycles. The Morgan fingerprint density at radius 2 is 2.08 bits per heavy atom. The van der Waals surface area contributed by atoms with Crippen molar-refractivity contribution in [2.45, 2.75) is 6.92 Å². The molecule has 0 aliphatic carbocycles. The number of para-hydroxylation sites is 1. The summed E-state index contributed by atoms with van der Waals surface area (Å²) in [5.41, 5.74) is 0.671. The van der Waals surface area contributed by atoms with E-state index in [1.807, 2.05) is 18.2 Å². The van der Waals surface area contributed by atoms with Crippen molar-refractivity contribution in [1.29, 1.82) is 4.78 Å². The maximum atomic E-state index is 12.5. The SMILES string of the molecule is Cc1nc(C(=O)N2CC(CS(C)(=N)=O)C2)nn1-c1ccccc1Cl. The zero-order chi connectivity index (χ0) is 17.5. The van der Waals surface area contributed by atoms with Crippen molar-refractivity contribution in [3.05, 3.63) is 40.9 Å². The van der Waals surface area contributed by atoms with Gasteiger partial charge in [-0.3, -0.25) is 13.8 Å². The summed E-state index contributed by atoms with van der Waals surface area (Å²) in [5, 5.41) is 4.81. The monoisotopic (exact) mass is 367 g/mol. The summed E-state index contributed by atoms with van der Waals surface area (Å²) in [7, 11) is -2.53. The van der Waals surface area contributed by atoms with Gasteiger partial charge in [0.15, 0.2) is 0 Å². The Bertz CT molecular complexity index is 887. The molecule has 1 atom stereocenters. The predicted molar refractivity (Wildman–Crippen MR) is 92.2 cm³/mol. The highest BCUT2D eigenvalue weighted by molar-refractivity contribution is 7.91. The average molecular weight is 368 g/mol. The van der Waals surface area contributed by atoms with Crippen LogP contribution < -0.4 is 0 Å². The molecule has 1 saturated heterocycles. The first-order valence-electron chi connectivity index (χ1n) is 7.44. The molecule has 9 heteroatoms. The molecule has 3 rings (SSSR count). The van der Waals surface area contributed by atoms with Crippen LogP contribution in [0.1, 0.15) is 16.4 Å². The molecule has 1 N–H and O–H groups in total. The van der Waals surface area contributed by atoms with E-state index in [1.165, 1.54) is 6.26 Å². The minimum absolute atomic E-state index is 0.107. The van der Waals surface area contributed by atoms with Crippen LogP contribution in [0.4, 0.5) is 0 Å². The lowest BCUT2D eigenvalue weighted by Gasteiger charge is -2.38. The maximum absolute atomic E-state index is 12.5. The number of hydrogen-bond donors (Lipinski definition) is 1. The highest BCUT2D eigenvalue weighted by Gasteiger charge is 2.34. The van der Waals surface area contributed by atoms with Gasteiger partial charge in [-0.1, -0.05) is 23.7 Å². The zero-order valence-corrected chi connectivity index (χ0v) is 15.0. The number of halogens is 1. The topological polar surface area (TPSA) is 91.9 Å². The minimum atomic E-state index is -2.53. The third-order valence-electron chi connectivity index (χ3n) is 3.84. The Kier molecular flexibility index (Phi) is 4.35. The molecule has 24 heavy (non-hydrogen) atoms. The van der Waals surface area contributed by atoms with E-state index in [0.29, 0.717) is 35.4 Å². The number of nitrogens with one attached hydrogen (secondary N) is 1. The van der Waals surface area contributed by atoms with Gasteiger partial charge >= 0.3 is 0 Å². The van der Waals surface area contributed by atoms with Crippen LogP contribution in [0.5, 0.6) is 0 Å². The molecule has 1 unspecified atom stereocenters. The molecule has 7 nitrogen and oxygen atoms in total. The van der Waals surface area contributed by atoms with Gasteiger partial charge < -0.3 is 4.90 Å². The van der Waals surface area contributed by atoms with Crippen LogP contribution in [-0.2, 0) is 9.73 Å². The van der Waals surface area contributed by atoms with Gasteiger partial charge in [0.05, 0.1) is 10.7 Å². The molecule has 0 bridgehead atoms. The van der Waals surface area contributed by atoms with Crippen molar-refractivity contribution in [2.75, 3.05) is 25.1 Å². The summed E-state index contributed by atoms with van der Waals surface area (Å²) >= 11 is 6.17. The van der Waals surface area contributed by atoms with Gasteiger partial charge in [0.25, 0.3) is 5.91 Å². The van der Waals surface area contributed by atoms with Crippen molar-refractivity contribution in [3.8, 4) is 5.69 Å². The highest BCUT2D eigenvalue weighted by Crippen LogP contribution is 2.22. The number of hydrogen-bond acceptors (Lipinski definition) is 5. The number of benzene rings is 1. The Morgan fingerprint density at radius 3 is 2.71 bits per heavy atom. The van der Waals surface area contributed by atoms with Crippen molar-refractivity contribution in [2.24, 2.45) is 5.92 Å². The lowest BCUT2D eigenvalue weighted by molar-refractivity contribution is 0.0523. The quantitative estimate of drug-likeness (QED) is 0.894. The van der Waals surface area contributed by atoms with Gasteiger partial charge in [0, 0.05) is 40.7 Å². The second-order valence-electron chi connectivity index (χ2n) is 6.09. The van der Waals surface area contributed by atoms with Crippen LogP contribution in [-0.4, -0.2) is 54.9 Å². The minimum Gasteiger partial charge on any atom is -0.335 e. The molecule has 1 aliphatic rings. The van der Waals surface area contributed by atoms with Crippen LogP contribution in [0.25, 0.3) is 5.69 Å². The van der Waals surface area contributed by atoms with Crippen molar-refractivity contribution >= 4 is 27.2 Å². The third kappa shape index (κ3) is 3.44. The molecule has 128 valence electrons. The Morgan fingerprint density at radius 1 is 1.42 bits per heavy atom. The van der Waals surface area contributed by atoms with E-state index in [1.54, 1.807) is 22.6 Å². The molecule has 0 saturated carbocycles. The summed E-state index contributed by atoms with van der Waals surface area (Å²) in [6.07, 6.45) is 1.42. The maximum Gasteiger partial charge on any atom is 0.293 e. The first kappa shape index (κ1) is 16.9. The second-order valence-corrected chi connectivity index (χ2v) is 8.84. The zero-order valence-electron chi connectivity index (χ0n) is 13.4. The third-order valence-corrected chi connectivity index (χ3v) is 5.27. The van der Waals surface area contributed by atoms with E-state index in [4.69, 9.17) is 16.4 Å². The molecule has 2 heterocycles. The number of amides is 1. The van der Waals surface area contributed by atoms with E-state index in [9.17, 15) is 9.00 Å². The summed E-state index contributed by atoms with van der Waals surface area (Å²) in [6.45, 7) is 2.74. The second kappa shape index (κ2) is 6.18. The number of nitrogens with zero attached hydrogens (tertiary/aromatic N) is 4. The molecule has 1 aliphatic heterocycles. The fourth-order valence-electron chi connectivity index (χ4n) is 2.76. The Hall–Kier alpha value is -1.93. The molecular weight excluding hydrogens is 350 g/mol. The van der Waals surface area contributed by atoms with Gasteiger partial charge in [0.1, 0.15) is 5.82 Å². The Labute approximate surface area is 145 Å². The predicted octanol–water partition coefficient (Wildman–Crippen LogP) is 1.98. The molecule has 1 amide bonds. The van der Waals surface area contributed by atoms with Gasteiger partial charge in [-0.15, -0.1) is 5.10 Å². The Balaban J connectivity index is 1.74. The fourth-order valence-corrected chi connectivity index (χ4v) is 4.09. The van der Waals surface area contributed by atoms with Gasteiger partial charge in [-0.2, -0.15) is 0 Å². The number of rotatable bonds is 4. The number of aryl methyl sites for hydroxylation is 1. The van der Waals surface area contributed by atoms with Crippen molar-refractivity contribution in [3.63, 3.8) is 0 Å². The first-order chi connectivity index (χ1) is 11.2. The van der Waals surface area contributed by atoms with Crippen LogP contribution in [0, 0.1) is 17.6 Å². The van der Waals surface area contributed by atoms with E-state index in [-0.39, 0.29) is 17.6 Å². The van der Waals surface area contributed by atoms with E-state index < -0.39 is 9.73 Å². The molecule has 1 aromatic carbocycles. The summed E-state index contributed by atoms with van der Waals surface area (Å²) < 4.78 is 20.5. The van der Waals surface area contributed by atoms with Crippen molar-refractivity contribution < 1.29 is 9.00 Å². The van der Waals surface area contributed by atoms with Crippen molar-refractivity contribution in [1.82, 2.24) is 19.7 Å². The first-order valence-corrected chi connectivity index (χ1v) is 9.95. The lowest BCUT2D eigenvalue weighted by Crippen LogP contribution is -2.52.